The molecule has 142 valence electrons. The first-order valence-corrected chi connectivity index (χ1v) is 8.77. The van der Waals surface area contributed by atoms with Crippen LogP contribution in [0.2, 0.25) is 0 Å². The van der Waals surface area contributed by atoms with Crippen molar-refractivity contribution in [2.45, 2.75) is 38.3 Å². The van der Waals surface area contributed by atoms with Crippen LogP contribution < -0.4 is 10.2 Å². The molecule has 2 fully saturated rings. The Morgan fingerprint density at radius 2 is 1.85 bits per heavy atom. The van der Waals surface area contributed by atoms with Crippen molar-refractivity contribution in [3.63, 3.8) is 0 Å². The van der Waals surface area contributed by atoms with Crippen LogP contribution in [0.5, 0.6) is 0 Å². The second-order valence-corrected chi connectivity index (χ2v) is 6.71. The van der Waals surface area contributed by atoms with E-state index in [1.807, 2.05) is 4.90 Å². The molecule has 0 aromatic heterocycles. The highest BCUT2D eigenvalue weighted by Crippen LogP contribution is 2.36. The van der Waals surface area contributed by atoms with Gasteiger partial charge >= 0.3 is 12.1 Å². The third kappa shape index (κ3) is 4.28. The number of nitrogens with zero attached hydrogens (tertiary/aromatic N) is 1. The fourth-order valence-corrected chi connectivity index (χ4v) is 3.13. The lowest BCUT2D eigenvalue weighted by molar-refractivity contribution is -0.154. The molecular formula is C18H21F3N2O3. The first-order chi connectivity index (χ1) is 12.3. The number of rotatable bonds is 5. The molecule has 1 aliphatic heterocycles. The summed E-state index contributed by atoms with van der Waals surface area (Å²) < 4.78 is 44.0. The Labute approximate surface area is 149 Å². The van der Waals surface area contributed by atoms with Crippen LogP contribution >= 0.6 is 0 Å². The quantitative estimate of drug-likeness (QED) is 0.805. The maximum absolute atomic E-state index is 13.0. The van der Waals surface area contributed by atoms with Gasteiger partial charge in [-0.15, -0.1) is 0 Å². The van der Waals surface area contributed by atoms with Crippen molar-refractivity contribution < 1.29 is 27.5 Å². The number of hydrogen-bond donors (Lipinski definition) is 1. The molecule has 1 heterocycles. The van der Waals surface area contributed by atoms with Crippen molar-refractivity contribution in [1.82, 2.24) is 0 Å². The minimum Gasteiger partial charge on any atom is -0.455 e. The summed E-state index contributed by atoms with van der Waals surface area (Å²) in [5.74, 6) is -1.22. The molecule has 5 nitrogen and oxygen atoms in total. The van der Waals surface area contributed by atoms with E-state index in [9.17, 15) is 22.8 Å². The smallest absolute Gasteiger partial charge is 0.416 e. The molecule has 0 atom stereocenters. The number of carbonyl (C=O) groups excluding carboxylic acids is 2. The molecule has 1 saturated heterocycles. The molecule has 8 heteroatoms. The number of benzene rings is 1. The molecule has 3 rings (SSSR count). The average Bonchev–Trinajstić information content (AvgIpc) is 3.04. The standard InChI is InChI=1S/C18H21F3N2O3/c19-18(20,21)13-6-7-15(23-8-1-2-9-23)14(10-13)22-16(24)11-26-17(25)12-4-3-5-12/h6-7,10,12H,1-5,8-9,11H2,(H,22,24). The Balaban J connectivity index is 1.70. The number of nitrogens with one attached hydrogen (secondary N) is 1. The Bertz CT molecular complexity index is 681. The van der Waals surface area contributed by atoms with Gasteiger partial charge < -0.3 is 15.0 Å². The normalized spacial score (nSPS) is 17.7. The number of carbonyl (C=O) groups is 2. The minimum atomic E-state index is -4.50. The topological polar surface area (TPSA) is 58.6 Å². The van der Waals surface area contributed by atoms with Gasteiger partial charge in [-0.05, 0) is 43.9 Å². The van der Waals surface area contributed by atoms with Gasteiger partial charge in [0.05, 0.1) is 22.9 Å². The summed E-state index contributed by atoms with van der Waals surface area (Å²) in [7, 11) is 0. The van der Waals surface area contributed by atoms with E-state index in [-0.39, 0.29) is 11.6 Å². The highest BCUT2D eigenvalue weighted by atomic mass is 19.4. The molecule has 1 amide bonds. The number of anilines is 2. The highest BCUT2D eigenvalue weighted by Gasteiger charge is 2.32. The Morgan fingerprint density at radius 3 is 2.42 bits per heavy atom. The van der Waals surface area contributed by atoms with E-state index in [2.05, 4.69) is 5.32 Å². The van der Waals surface area contributed by atoms with Crippen molar-refractivity contribution in [3.8, 4) is 0 Å². The lowest BCUT2D eigenvalue weighted by Crippen LogP contribution is -2.29. The summed E-state index contributed by atoms with van der Waals surface area (Å²) in [6.45, 7) is 0.959. The van der Waals surface area contributed by atoms with Crippen LogP contribution in [0.25, 0.3) is 0 Å². The fraction of sp³-hybridized carbons (Fsp3) is 0.556. The van der Waals surface area contributed by atoms with E-state index in [1.54, 1.807) is 0 Å². The number of alkyl halides is 3. The van der Waals surface area contributed by atoms with Crippen molar-refractivity contribution in [1.29, 1.82) is 0 Å². The largest absolute Gasteiger partial charge is 0.455 e. The van der Waals surface area contributed by atoms with Gasteiger partial charge in [0.2, 0.25) is 0 Å². The van der Waals surface area contributed by atoms with Crippen molar-refractivity contribution in [2.24, 2.45) is 5.92 Å². The van der Waals surface area contributed by atoms with E-state index >= 15 is 0 Å². The van der Waals surface area contributed by atoms with Crippen LogP contribution in [-0.4, -0.2) is 31.6 Å². The van der Waals surface area contributed by atoms with Gasteiger partial charge in [0.15, 0.2) is 6.61 Å². The van der Waals surface area contributed by atoms with Gasteiger partial charge in [0.25, 0.3) is 5.91 Å². The van der Waals surface area contributed by atoms with E-state index in [1.165, 1.54) is 6.07 Å². The zero-order chi connectivity index (χ0) is 18.7. The number of amides is 1. The number of hydrogen-bond acceptors (Lipinski definition) is 4. The van der Waals surface area contributed by atoms with Crippen LogP contribution in [0.15, 0.2) is 18.2 Å². The molecule has 1 aliphatic carbocycles. The first kappa shape index (κ1) is 18.5. The van der Waals surface area contributed by atoms with Crippen LogP contribution in [0, 0.1) is 5.92 Å². The van der Waals surface area contributed by atoms with Gasteiger partial charge in [-0.25, -0.2) is 0 Å². The summed E-state index contributed by atoms with van der Waals surface area (Å²) in [5.41, 5.74) is -0.192. The Morgan fingerprint density at radius 1 is 1.15 bits per heavy atom. The third-order valence-electron chi connectivity index (χ3n) is 4.83. The van der Waals surface area contributed by atoms with E-state index in [0.717, 1.165) is 57.3 Å². The molecule has 1 aromatic carbocycles. The molecule has 0 radical (unpaired) electrons. The van der Waals surface area contributed by atoms with Gasteiger partial charge in [0.1, 0.15) is 0 Å². The number of esters is 1. The van der Waals surface area contributed by atoms with Crippen LogP contribution in [0.3, 0.4) is 0 Å². The number of halogens is 3. The van der Waals surface area contributed by atoms with Crippen molar-refractivity contribution >= 4 is 23.3 Å². The number of ether oxygens (including phenoxy) is 1. The van der Waals surface area contributed by atoms with Gasteiger partial charge in [0, 0.05) is 13.1 Å². The second-order valence-electron chi connectivity index (χ2n) is 6.71. The summed E-state index contributed by atoms with van der Waals surface area (Å²) in [5, 5.41) is 2.47. The minimum absolute atomic E-state index is 0.0893. The molecule has 0 spiro atoms. The molecule has 2 aliphatic rings. The Kier molecular flexibility index (Phi) is 5.38. The zero-order valence-electron chi connectivity index (χ0n) is 14.3. The maximum Gasteiger partial charge on any atom is 0.416 e. The van der Waals surface area contributed by atoms with E-state index in [4.69, 9.17) is 4.74 Å². The first-order valence-electron chi connectivity index (χ1n) is 8.77. The molecule has 1 aromatic rings. The highest BCUT2D eigenvalue weighted by molar-refractivity contribution is 5.96. The SMILES string of the molecule is O=C(COC(=O)C1CCC1)Nc1cc(C(F)(F)F)ccc1N1CCCC1. The second kappa shape index (κ2) is 7.55. The summed E-state index contributed by atoms with van der Waals surface area (Å²) in [4.78, 5) is 25.7. The molecule has 26 heavy (non-hydrogen) atoms. The van der Waals surface area contributed by atoms with Gasteiger partial charge in [-0.1, -0.05) is 6.42 Å². The molecule has 1 saturated carbocycles. The van der Waals surface area contributed by atoms with Crippen molar-refractivity contribution in [2.75, 3.05) is 29.9 Å². The summed E-state index contributed by atoms with van der Waals surface area (Å²) >= 11 is 0. The molecule has 1 N–H and O–H groups in total. The fourth-order valence-electron chi connectivity index (χ4n) is 3.13. The molecule has 0 bridgehead atoms. The van der Waals surface area contributed by atoms with Crippen LogP contribution in [0.1, 0.15) is 37.7 Å². The van der Waals surface area contributed by atoms with Crippen LogP contribution in [0.4, 0.5) is 24.5 Å². The zero-order valence-corrected chi connectivity index (χ0v) is 14.3. The summed E-state index contributed by atoms with van der Waals surface area (Å²) in [6, 6.07) is 3.32. The maximum atomic E-state index is 13.0. The van der Waals surface area contributed by atoms with Gasteiger partial charge in [-0.3, -0.25) is 9.59 Å². The predicted molar refractivity (Wildman–Crippen MR) is 89.8 cm³/mol. The Hall–Kier alpha value is -2.25. The third-order valence-corrected chi connectivity index (χ3v) is 4.83. The van der Waals surface area contributed by atoms with E-state index < -0.39 is 30.2 Å². The predicted octanol–water partition coefficient (Wildman–Crippen LogP) is 3.59. The molecule has 0 unspecified atom stereocenters. The lowest BCUT2D eigenvalue weighted by atomic mass is 9.86. The summed E-state index contributed by atoms with van der Waals surface area (Å²) in [6.07, 6.45) is -0.115. The van der Waals surface area contributed by atoms with Crippen molar-refractivity contribution in [3.05, 3.63) is 23.8 Å². The monoisotopic (exact) mass is 370 g/mol. The average molecular weight is 370 g/mol. The van der Waals surface area contributed by atoms with Crippen LogP contribution in [-0.2, 0) is 20.5 Å². The van der Waals surface area contributed by atoms with Gasteiger partial charge in [-0.2, -0.15) is 13.2 Å². The lowest BCUT2D eigenvalue weighted by Gasteiger charge is -2.24. The molecular weight excluding hydrogens is 349 g/mol. The van der Waals surface area contributed by atoms with E-state index in [0.29, 0.717) is 5.69 Å².